The molecule has 1 fully saturated rings. The average Bonchev–Trinajstić information content (AvgIpc) is 2.82. The van der Waals surface area contributed by atoms with Gasteiger partial charge < -0.3 is 29.2 Å². The molecule has 0 bridgehead atoms. The van der Waals surface area contributed by atoms with Gasteiger partial charge in [-0.3, -0.25) is 4.79 Å². The number of benzene rings is 2. The number of ether oxygens (including phenoxy) is 4. The second kappa shape index (κ2) is 11.0. The van der Waals surface area contributed by atoms with Crippen molar-refractivity contribution >= 4 is 23.3 Å². The zero-order valence-corrected chi connectivity index (χ0v) is 17.5. The first-order valence-electron chi connectivity index (χ1n) is 9.92. The average molecular weight is 426 g/mol. The van der Waals surface area contributed by atoms with Crippen LogP contribution < -0.4 is 19.7 Å². The SMILES string of the molecule is C=CCOc1ccc(C(=O)OCC(=O)Nc2ccc(N3CCOCC3)cc2)cc1OC. The van der Waals surface area contributed by atoms with Crippen LogP contribution in [0.15, 0.2) is 55.1 Å². The second-order valence-electron chi connectivity index (χ2n) is 6.74. The molecule has 0 atom stereocenters. The zero-order valence-electron chi connectivity index (χ0n) is 17.5. The van der Waals surface area contributed by atoms with Crippen molar-refractivity contribution in [2.24, 2.45) is 0 Å². The number of nitrogens with zero attached hydrogens (tertiary/aromatic N) is 1. The van der Waals surface area contributed by atoms with Crippen LogP contribution in [0.25, 0.3) is 0 Å². The number of rotatable bonds is 9. The van der Waals surface area contributed by atoms with Crippen molar-refractivity contribution in [2.75, 3.05) is 56.8 Å². The third-order valence-electron chi connectivity index (χ3n) is 4.62. The van der Waals surface area contributed by atoms with Gasteiger partial charge in [-0.2, -0.15) is 0 Å². The highest BCUT2D eigenvalue weighted by atomic mass is 16.5. The molecule has 0 radical (unpaired) electrons. The molecule has 0 unspecified atom stereocenters. The van der Waals surface area contributed by atoms with Gasteiger partial charge in [-0.15, -0.1) is 0 Å². The third-order valence-corrected chi connectivity index (χ3v) is 4.62. The Labute approximate surface area is 181 Å². The van der Waals surface area contributed by atoms with Crippen LogP contribution in [0, 0.1) is 0 Å². The quantitative estimate of drug-likeness (QED) is 0.487. The lowest BCUT2D eigenvalue weighted by atomic mass is 10.2. The van der Waals surface area contributed by atoms with E-state index in [1.165, 1.54) is 13.2 Å². The van der Waals surface area contributed by atoms with Gasteiger partial charge in [0.1, 0.15) is 6.61 Å². The maximum atomic E-state index is 12.3. The van der Waals surface area contributed by atoms with Crippen LogP contribution in [-0.2, 0) is 14.3 Å². The molecule has 164 valence electrons. The summed E-state index contributed by atoms with van der Waals surface area (Å²) in [6, 6.07) is 12.2. The molecule has 0 spiro atoms. The minimum Gasteiger partial charge on any atom is -0.493 e. The van der Waals surface area contributed by atoms with Crippen molar-refractivity contribution in [1.29, 1.82) is 0 Å². The molecule has 1 aliphatic heterocycles. The Morgan fingerprint density at radius 3 is 2.55 bits per heavy atom. The summed E-state index contributed by atoms with van der Waals surface area (Å²) in [5.74, 6) is -0.185. The molecule has 0 saturated carbocycles. The Kier molecular flexibility index (Phi) is 7.89. The highest BCUT2D eigenvalue weighted by Gasteiger charge is 2.15. The van der Waals surface area contributed by atoms with Gasteiger partial charge in [0.25, 0.3) is 5.91 Å². The first-order chi connectivity index (χ1) is 15.1. The Bertz CT molecular complexity index is 907. The number of anilines is 2. The predicted octanol–water partition coefficient (Wildman–Crippen LogP) is 2.89. The van der Waals surface area contributed by atoms with Gasteiger partial charge in [-0.05, 0) is 42.5 Å². The van der Waals surface area contributed by atoms with Gasteiger partial charge in [-0.25, -0.2) is 4.79 Å². The fraction of sp³-hybridized carbons (Fsp3) is 0.304. The van der Waals surface area contributed by atoms with E-state index < -0.39 is 18.5 Å². The summed E-state index contributed by atoms with van der Waals surface area (Å²) in [7, 11) is 1.48. The first-order valence-corrected chi connectivity index (χ1v) is 9.92. The second-order valence-corrected chi connectivity index (χ2v) is 6.74. The van der Waals surface area contributed by atoms with Crippen LogP contribution in [0.3, 0.4) is 0 Å². The van der Waals surface area contributed by atoms with E-state index in [9.17, 15) is 9.59 Å². The van der Waals surface area contributed by atoms with Crippen LogP contribution in [0.5, 0.6) is 11.5 Å². The summed E-state index contributed by atoms with van der Waals surface area (Å²) < 4.78 is 21.2. The zero-order chi connectivity index (χ0) is 22.1. The molecule has 3 rings (SSSR count). The molecule has 0 aromatic heterocycles. The number of hydrogen-bond donors (Lipinski definition) is 1. The fourth-order valence-electron chi connectivity index (χ4n) is 3.05. The highest BCUT2D eigenvalue weighted by molar-refractivity contribution is 5.95. The molecule has 1 amide bonds. The van der Waals surface area contributed by atoms with Crippen LogP contribution in [0.2, 0.25) is 0 Å². The number of carbonyl (C=O) groups is 2. The minimum atomic E-state index is -0.633. The molecule has 2 aromatic rings. The Morgan fingerprint density at radius 2 is 1.87 bits per heavy atom. The van der Waals surface area contributed by atoms with Crippen molar-refractivity contribution in [1.82, 2.24) is 0 Å². The van der Waals surface area contributed by atoms with Crippen LogP contribution in [-0.4, -0.2) is 58.5 Å². The molecule has 1 N–H and O–H groups in total. The molecule has 8 nitrogen and oxygen atoms in total. The Balaban J connectivity index is 1.50. The number of hydrogen-bond acceptors (Lipinski definition) is 7. The van der Waals surface area contributed by atoms with Gasteiger partial charge in [0.05, 0.1) is 25.9 Å². The molecule has 8 heteroatoms. The maximum absolute atomic E-state index is 12.3. The van der Waals surface area contributed by atoms with E-state index in [1.807, 2.05) is 24.3 Å². The summed E-state index contributed by atoms with van der Waals surface area (Å²) in [6.07, 6.45) is 1.61. The van der Waals surface area contributed by atoms with Crippen LogP contribution >= 0.6 is 0 Å². The van der Waals surface area contributed by atoms with Gasteiger partial charge in [0.15, 0.2) is 18.1 Å². The minimum absolute atomic E-state index is 0.255. The van der Waals surface area contributed by atoms with E-state index in [4.69, 9.17) is 18.9 Å². The van der Waals surface area contributed by atoms with Gasteiger partial charge >= 0.3 is 5.97 Å². The summed E-state index contributed by atoms with van der Waals surface area (Å²) in [5.41, 5.74) is 1.95. The number of nitrogens with one attached hydrogen (secondary N) is 1. The van der Waals surface area contributed by atoms with Crippen molar-refractivity contribution in [3.8, 4) is 11.5 Å². The number of carbonyl (C=O) groups excluding carboxylic acids is 2. The normalized spacial score (nSPS) is 13.3. The maximum Gasteiger partial charge on any atom is 0.338 e. The monoisotopic (exact) mass is 426 g/mol. The van der Waals surface area contributed by atoms with Crippen molar-refractivity contribution in [2.45, 2.75) is 0 Å². The van der Waals surface area contributed by atoms with E-state index in [0.717, 1.165) is 18.8 Å². The first kappa shape index (κ1) is 22.2. The number of amides is 1. The van der Waals surface area contributed by atoms with Crippen molar-refractivity contribution in [3.63, 3.8) is 0 Å². The summed E-state index contributed by atoms with van der Waals surface area (Å²) >= 11 is 0. The van der Waals surface area contributed by atoms with E-state index in [-0.39, 0.29) is 5.56 Å². The highest BCUT2D eigenvalue weighted by Crippen LogP contribution is 2.28. The summed E-state index contributed by atoms with van der Waals surface area (Å²) in [5, 5.41) is 2.72. The van der Waals surface area contributed by atoms with E-state index in [2.05, 4.69) is 16.8 Å². The Morgan fingerprint density at radius 1 is 1.13 bits per heavy atom. The molecular weight excluding hydrogens is 400 g/mol. The number of esters is 1. The predicted molar refractivity (Wildman–Crippen MR) is 117 cm³/mol. The van der Waals surface area contributed by atoms with Gasteiger partial charge in [0.2, 0.25) is 0 Å². The fourth-order valence-corrected chi connectivity index (χ4v) is 3.05. The smallest absolute Gasteiger partial charge is 0.338 e. The molecular formula is C23H26N2O6. The van der Waals surface area contributed by atoms with Gasteiger partial charge in [-0.1, -0.05) is 12.7 Å². The summed E-state index contributed by atoms with van der Waals surface area (Å²) in [6.45, 7) is 6.60. The lowest BCUT2D eigenvalue weighted by Gasteiger charge is -2.28. The van der Waals surface area contributed by atoms with Crippen LogP contribution in [0.1, 0.15) is 10.4 Å². The molecule has 2 aromatic carbocycles. The van der Waals surface area contributed by atoms with Crippen molar-refractivity contribution < 1.29 is 28.5 Å². The van der Waals surface area contributed by atoms with E-state index >= 15 is 0 Å². The molecule has 1 saturated heterocycles. The molecule has 1 aliphatic rings. The molecule has 31 heavy (non-hydrogen) atoms. The van der Waals surface area contributed by atoms with Crippen LogP contribution in [0.4, 0.5) is 11.4 Å². The van der Waals surface area contributed by atoms with Gasteiger partial charge in [0, 0.05) is 24.5 Å². The summed E-state index contributed by atoms with van der Waals surface area (Å²) in [4.78, 5) is 26.7. The topological polar surface area (TPSA) is 86.3 Å². The lowest BCUT2D eigenvalue weighted by molar-refractivity contribution is -0.119. The molecule has 0 aliphatic carbocycles. The van der Waals surface area contributed by atoms with E-state index in [0.29, 0.717) is 37.0 Å². The Hall–Kier alpha value is -3.52. The standard InChI is InChI=1S/C23H26N2O6/c1-3-12-30-20-9-4-17(15-21(20)28-2)23(27)31-16-22(26)24-18-5-7-19(8-6-18)25-10-13-29-14-11-25/h3-9,15H,1,10-14,16H2,2H3,(H,24,26). The largest absolute Gasteiger partial charge is 0.493 e. The lowest BCUT2D eigenvalue weighted by Crippen LogP contribution is -2.36. The van der Waals surface area contributed by atoms with Crippen molar-refractivity contribution in [3.05, 3.63) is 60.7 Å². The van der Waals surface area contributed by atoms with E-state index in [1.54, 1.807) is 18.2 Å². The number of methoxy groups -OCH3 is 1. The third kappa shape index (κ3) is 6.23. The molecule has 1 heterocycles. The number of morpholine rings is 1.